The lowest BCUT2D eigenvalue weighted by Gasteiger charge is -2.35. The first kappa shape index (κ1) is 21.8. The van der Waals surface area contributed by atoms with E-state index in [0.717, 1.165) is 50.3 Å². The molecule has 0 saturated carbocycles. The molecule has 1 aliphatic rings. The van der Waals surface area contributed by atoms with Crippen LogP contribution in [0.5, 0.6) is 11.5 Å². The number of aromatic hydroxyl groups is 1. The maximum atomic E-state index is 10.4. The molecule has 1 saturated heterocycles. The quantitative estimate of drug-likeness (QED) is 0.768. The highest BCUT2D eigenvalue weighted by Crippen LogP contribution is 2.39. The smallest absolute Gasteiger partial charge is 0.134 e. The number of nitrogens with one attached hydrogen (secondary N) is 1. The molecule has 0 radical (unpaired) electrons. The van der Waals surface area contributed by atoms with Crippen LogP contribution in [-0.2, 0) is 0 Å². The van der Waals surface area contributed by atoms with E-state index in [1.54, 1.807) is 13.2 Å². The Balaban J connectivity index is 0.00000220. The van der Waals surface area contributed by atoms with Gasteiger partial charge >= 0.3 is 0 Å². The zero-order chi connectivity index (χ0) is 14.5. The van der Waals surface area contributed by atoms with Crippen molar-refractivity contribution in [2.45, 2.75) is 25.8 Å². The number of hydrogen-bond donors (Lipinski definition) is 2. The van der Waals surface area contributed by atoms with Crippen LogP contribution in [0.1, 0.15) is 31.4 Å². The first-order chi connectivity index (χ1) is 9.67. The van der Waals surface area contributed by atoms with Crippen molar-refractivity contribution in [1.82, 2.24) is 10.2 Å². The van der Waals surface area contributed by atoms with Crippen LogP contribution in [0.4, 0.5) is 0 Å². The number of ether oxygens (including phenoxy) is 1. The zero-order valence-electron chi connectivity index (χ0n) is 13.0. The molecule has 22 heavy (non-hydrogen) atoms. The molecule has 0 aromatic heterocycles. The highest BCUT2D eigenvalue weighted by atomic mass is 79.9. The van der Waals surface area contributed by atoms with Gasteiger partial charge in [0.1, 0.15) is 11.5 Å². The van der Waals surface area contributed by atoms with Crippen molar-refractivity contribution >= 4 is 40.7 Å². The van der Waals surface area contributed by atoms with Crippen molar-refractivity contribution in [3.63, 3.8) is 0 Å². The second kappa shape index (κ2) is 10.6. The van der Waals surface area contributed by atoms with E-state index in [1.165, 1.54) is 0 Å². The Bertz CT molecular complexity index is 457. The van der Waals surface area contributed by atoms with Gasteiger partial charge in [0, 0.05) is 37.8 Å². The summed E-state index contributed by atoms with van der Waals surface area (Å²) < 4.78 is 6.03. The van der Waals surface area contributed by atoms with Gasteiger partial charge in [-0.25, -0.2) is 0 Å². The van der Waals surface area contributed by atoms with E-state index >= 15 is 0 Å². The number of piperazine rings is 1. The predicted molar refractivity (Wildman–Crippen MR) is 98.9 cm³/mol. The Labute approximate surface area is 153 Å². The van der Waals surface area contributed by atoms with Gasteiger partial charge in [-0.3, -0.25) is 4.90 Å². The van der Waals surface area contributed by atoms with Crippen molar-refractivity contribution in [3.8, 4) is 11.5 Å². The van der Waals surface area contributed by atoms with E-state index in [4.69, 9.17) is 4.74 Å². The molecule has 0 aliphatic carbocycles. The number of rotatable bonds is 5. The van der Waals surface area contributed by atoms with Gasteiger partial charge in [0.2, 0.25) is 0 Å². The van der Waals surface area contributed by atoms with Gasteiger partial charge in [-0.15, -0.1) is 24.8 Å². The molecule has 1 atom stereocenters. The lowest BCUT2D eigenvalue weighted by Crippen LogP contribution is -2.45. The Morgan fingerprint density at radius 2 is 1.95 bits per heavy atom. The second-order valence-electron chi connectivity index (χ2n) is 5.14. The molecule has 4 nitrogen and oxygen atoms in total. The summed E-state index contributed by atoms with van der Waals surface area (Å²) in [5.74, 6) is 1.11. The standard InChI is InChI=1S/C15H23BrN2O2.2ClH/c1-3-4-14(18-7-5-17-6-8-18)12-9-11(20-2)10-13(16)15(12)19;;/h9-10,14,17,19H,3-8H2,1-2H3;2*1H/t14-;;/m1../s1. The number of benzene rings is 1. The molecule has 7 heteroatoms. The zero-order valence-corrected chi connectivity index (χ0v) is 16.2. The van der Waals surface area contributed by atoms with Crippen LogP contribution < -0.4 is 10.1 Å². The molecule has 0 amide bonds. The molecule has 1 aromatic carbocycles. The predicted octanol–water partition coefficient (Wildman–Crippen LogP) is 3.75. The van der Waals surface area contributed by atoms with Crippen molar-refractivity contribution in [2.75, 3.05) is 33.3 Å². The summed E-state index contributed by atoms with van der Waals surface area (Å²) in [4.78, 5) is 2.45. The van der Waals surface area contributed by atoms with E-state index < -0.39 is 0 Å². The molecule has 1 aliphatic heterocycles. The number of nitrogens with zero attached hydrogens (tertiary/aromatic N) is 1. The fourth-order valence-electron chi connectivity index (χ4n) is 2.77. The third kappa shape index (κ3) is 5.17. The first-order valence-electron chi connectivity index (χ1n) is 7.18. The molecule has 128 valence electrons. The van der Waals surface area contributed by atoms with Crippen LogP contribution in [0, 0.1) is 0 Å². The molecule has 1 fully saturated rings. The summed E-state index contributed by atoms with van der Waals surface area (Å²) >= 11 is 3.42. The average Bonchev–Trinajstić information content (AvgIpc) is 2.48. The van der Waals surface area contributed by atoms with Gasteiger partial charge in [-0.1, -0.05) is 13.3 Å². The van der Waals surface area contributed by atoms with Gasteiger partial charge in [-0.05, 0) is 34.5 Å². The monoisotopic (exact) mass is 414 g/mol. The summed E-state index contributed by atoms with van der Waals surface area (Å²) in [5, 5.41) is 13.8. The Kier molecular flexibility index (Phi) is 10.5. The van der Waals surface area contributed by atoms with E-state index in [-0.39, 0.29) is 30.9 Å². The average molecular weight is 416 g/mol. The molecule has 1 heterocycles. The normalized spacial score (nSPS) is 16.3. The SMILES string of the molecule is CCC[C@H](c1cc(OC)cc(Br)c1O)N1CCNCC1.Cl.Cl. The molecule has 0 spiro atoms. The van der Waals surface area contributed by atoms with Crippen molar-refractivity contribution in [2.24, 2.45) is 0 Å². The minimum Gasteiger partial charge on any atom is -0.506 e. The topological polar surface area (TPSA) is 44.7 Å². The number of methoxy groups -OCH3 is 1. The molecular weight excluding hydrogens is 391 g/mol. The Morgan fingerprint density at radius 3 is 2.50 bits per heavy atom. The second-order valence-corrected chi connectivity index (χ2v) is 5.99. The molecule has 0 bridgehead atoms. The maximum absolute atomic E-state index is 10.4. The van der Waals surface area contributed by atoms with E-state index in [2.05, 4.69) is 33.1 Å². The number of hydrogen-bond acceptors (Lipinski definition) is 4. The number of phenolic OH excluding ortho intramolecular Hbond substituents is 1. The highest BCUT2D eigenvalue weighted by molar-refractivity contribution is 9.10. The minimum atomic E-state index is 0. The van der Waals surface area contributed by atoms with Gasteiger partial charge in [-0.2, -0.15) is 0 Å². The van der Waals surface area contributed by atoms with Gasteiger partial charge in [0.05, 0.1) is 11.6 Å². The largest absolute Gasteiger partial charge is 0.506 e. The Morgan fingerprint density at radius 1 is 1.32 bits per heavy atom. The highest BCUT2D eigenvalue weighted by Gasteiger charge is 2.25. The fraction of sp³-hybridized carbons (Fsp3) is 0.600. The molecule has 2 N–H and O–H groups in total. The molecular formula is C15H25BrCl2N2O2. The van der Waals surface area contributed by atoms with E-state index in [1.807, 2.05) is 6.07 Å². The van der Waals surface area contributed by atoms with Crippen LogP contribution in [0.2, 0.25) is 0 Å². The lowest BCUT2D eigenvalue weighted by molar-refractivity contribution is 0.162. The lowest BCUT2D eigenvalue weighted by atomic mass is 9.98. The van der Waals surface area contributed by atoms with Crippen molar-refractivity contribution in [1.29, 1.82) is 0 Å². The van der Waals surface area contributed by atoms with Gasteiger partial charge in [0.25, 0.3) is 0 Å². The third-order valence-corrected chi connectivity index (χ3v) is 4.42. The maximum Gasteiger partial charge on any atom is 0.134 e. The van der Waals surface area contributed by atoms with E-state index in [9.17, 15) is 5.11 Å². The summed E-state index contributed by atoms with van der Waals surface area (Å²) in [7, 11) is 1.66. The van der Waals surface area contributed by atoms with E-state index in [0.29, 0.717) is 10.2 Å². The van der Waals surface area contributed by atoms with Gasteiger partial charge in [0.15, 0.2) is 0 Å². The van der Waals surface area contributed by atoms with Crippen LogP contribution >= 0.6 is 40.7 Å². The summed E-state index contributed by atoms with van der Waals surface area (Å²) in [6.45, 7) is 6.22. The Hall–Kier alpha value is -0.200. The molecule has 1 aromatic rings. The summed E-state index contributed by atoms with van der Waals surface area (Å²) in [6.07, 6.45) is 2.12. The van der Waals surface area contributed by atoms with Gasteiger partial charge < -0.3 is 15.2 Å². The third-order valence-electron chi connectivity index (χ3n) is 3.82. The number of phenols is 1. The minimum absolute atomic E-state index is 0. The van der Waals surface area contributed by atoms with Crippen LogP contribution in [0.3, 0.4) is 0 Å². The van der Waals surface area contributed by atoms with Crippen LogP contribution in [0.25, 0.3) is 0 Å². The van der Waals surface area contributed by atoms with Crippen molar-refractivity contribution in [3.05, 3.63) is 22.2 Å². The molecule has 2 rings (SSSR count). The molecule has 0 unspecified atom stereocenters. The summed E-state index contributed by atoms with van der Waals surface area (Å²) in [5.41, 5.74) is 0.958. The first-order valence-corrected chi connectivity index (χ1v) is 7.97. The fourth-order valence-corrected chi connectivity index (χ4v) is 3.22. The van der Waals surface area contributed by atoms with Crippen LogP contribution in [-0.4, -0.2) is 43.3 Å². The summed E-state index contributed by atoms with van der Waals surface area (Å²) in [6, 6.07) is 4.01. The number of halogens is 3. The van der Waals surface area contributed by atoms with Crippen molar-refractivity contribution < 1.29 is 9.84 Å². The van der Waals surface area contributed by atoms with Crippen LogP contribution in [0.15, 0.2) is 16.6 Å².